The van der Waals surface area contributed by atoms with Crippen molar-refractivity contribution in [1.82, 2.24) is 9.80 Å². The molecule has 0 spiro atoms. The van der Waals surface area contributed by atoms with Crippen molar-refractivity contribution >= 4 is 17.2 Å². The summed E-state index contributed by atoms with van der Waals surface area (Å²) in [6.45, 7) is 7.38. The maximum Gasteiger partial charge on any atom is 0.159 e. The molecule has 2 aliphatic rings. The number of carbonyl (C=O) groups is 1. The van der Waals surface area contributed by atoms with Gasteiger partial charge in [0.1, 0.15) is 0 Å². The van der Waals surface area contributed by atoms with Crippen molar-refractivity contribution in [2.24, 2.45) is 4.99 Å². The molecule has 1 fully saturated rings. The highest BCUT2D eigenvalue weighted by Crippen LogP contribution is 2.23. The number of carbonyl (C=O) groups excluding carboxylic acids is 1. The van der Waals surface area contributed by atoms with E-state index in [2.05, 4.69) is 22.9 Å². The first kappa shape index (κ1) is 17.1. The van der Waals surface area contributed by atoms with Crippen molar-refractivity contribution in [3.63, 3.8) is 0 Å². The van der Waals surface area contributed by atoms with E-state index in [0.29, 0.717) is 0 Å². The average Bonchev–Trinajstić information content (AvgIpc) is 2.61. The minimum absolute atomic E-state index is 0.107. The molecule has 4 nitrogen and oxygen atoms in total. The smallest absolute Gasteiger partial charge is 0.159 e. The zero-order chi connectivity index (χ0) is 16.9. The zero-order valence-corrected chi connectivity index (χ0v) is 14.8. The van der Waals surface area contributed by atoms with Gasteiger partial charge in [-0.05, 0) is 38.8 Å². The van der Waals surface area contributed by atoms with Crippen LogP contribution in [0.1, 0.15) is 42.1 Å². The van der Waals surface area contributed by atoms with Crippen molar-refractivity contribution in [1.29, 1.82) is 0 Å². The first-order valence-corrected chi connectivity index (χ1v) is 8.91. The van der Waals surface area contributed by atoms with Crippen molar-refractivity contribution in [3.8, 4) is 0 Å². The minimum Gasteiger partial charge on any atom is -0.304 e. The fourth-order valence-electron chi connectivity index (χ4n) is 3.25. The van der Waals surface area contributed by atoms with Gasteiger partial charge in [0.05, 0.1) is 5.70 Å². The lowest BCUT2D eigenvalue weighted by molar-refractivity contribution is 0.101. The van der Waals surface area contributed by atoms with E-state index < -0.39 is 0 Å². The molecule has 0 aromatic heterocycles. The van der Waals surface area contributed by atoms with Gasteiger partial charge in [0.25, 0.3) is 0 Å². The van der Waals surface area contributed by atoms with Gasteiger partial charge in [0, 0.05) is 44.0 Å². The van der Waals surface area contributed by atoms with Crippen LogP contribution in [0.15, 0.2) is 35.3 Å². The second-order valence-corrected chi connectivity index (χ2v) is 6.83. The summed E-state index contributed by atoms with van der Waals surface area (Å²) in [4.78, 5) is 21.2. The van der Waals surface area contributed by atoms with Crippen LogP contribution in [0.25, 0.3) is 5.70 Å². The van der Waals surface area contributed by atoms with E-state index in [1.807, 2.05) is 24.3 Å². The Morgan fingerprint density at radius 1 is 1.12 bits per heavy atom. The summed E-state index contributed by atoms with van der Waals surface area (Å²) in [7, 11) is 2.19. The third-order valence-electron chi connectivity index (χ3n) is 4.95. The largest absolute Gasteiger partial charge is 0.304 e. The fraction of sp³-hybridized carbons (Fsp3) is 0.500. The Morgan fingerprint density at radius 3 is 2.50 bits per heavy atom. The number of ketones is 1. The number of nitrogens with zero attached hydrogens (tertiary/aromatic N) is 3. The molecule has 0 amide bonds. The number of piperazine rings is 1. The van der Waals surface area contributed by atoms with E-state index in [-0.39, 0.29) is 5.78 Å². The molecule has 2 aliphatic heterocycles. The third kappa shape index (κ3) is 4.40. The summed E-state index contributed by atoms with van der Waals surface area (Å²) in [6.07, 6.45) is 5.41. The number of allylic oxidation sites excluding steroid dienone is 1. The van der Waals surface area contributed by atoms with Crippen LogP contribution in [0.4, 0.5) is 0 Å². The normalized spacial score (nSPS) is 19.8. The second kappa shape index (κ2) is 7.86. The summed E-state index contributed by atoms with van der Waals surface area (Å²) in [5.41, 5.74) is 4.23. The first-order chi connectivity index (χ1) is 11.6. The maximum absolute atomic E-state index is 11.4. The van der Waals surface area contributed by atoms with Gasteiger partial charge in [0.15, 0.2) is 5.78 Å². The number of rotatable bonds is 5. The topological polar surface area (TPSA) is 35.9 Å². The van der Waals surface area contributed by atoms with Crippen LogP contribution in [0.5, 0.6) is 0 Å². The van der Waals surface area contributed by atoms with Crippen LogP contribution in [0, 0.1) is 0 Å². The molecular formula is C20H27N3O. The summed E-state index contributed by atoms with van der Waals surface area (Å²) in [5, 5.41) is 0. The van der Waals surface area contributed by atoms with Gasteiger partial charge in [0.2, 0.25) is 0 Å². The van der Waals surface area contributed by atoms with Crippen molar-refractivity contribution < 1.29 is 4.79 Å². The van der Waals surface area contributed by atoms with Crippen LogP contribution in [0.3, 0.4) is 0 Å². The summed E-state index contributed by atoms with van der Waals surface area (Å²) in [5.74, 6) is 0.107. The molecule has 0 aliphatic carbocycles. The van der Waals surface area contributed by atoms with Gasteiger partial charge >= 0.3 is 0 Å². The van der Waals surface area contributed by atoms with E-state index in [0.717, 1.165) is 42.6 Å². The van der Waals surface area contributed by atoms with E-state index in [4.69, 9.17) is 4.99 Å². The Morgan fingerprint density at radius 2 is 1.83 bits per heavy atom. The average molecular weight is 325 g/mol. The van der Waals surface area contributed by atoms with Crippen LogP contribution in [-0.4, -0.2) is 61.1 Å². The van der Waals surface area contributed by atoms with Crippen LogP contribution in [-0.2, 0) is 0 Å². The molecule has 0 atom stereocenters. The van der Waals surface area contributed by atoms with Gasteiger partial charge in [-0.1, -0.05) is 30.3 Å². The number of likely N-dealkylation sites (N-methyl/N-ethyl adjacent to an activating group) is 1. The highest BCUT2D eigenvalue weighted by atomic mass is 16.1. The van der Waals surface area contributed by atoms with Gasteiger partial charge in [-0.25, -0.2) is 0 Å². The lowest BCUT2D eigenvalue weighted by Crippen LogP contribution is -2.45. The van der Waals surface area contributed by atoms with Gasteiger partial charge in [-0.3, -0.25) is 9.79 Å². The highest BCUT2D eigenvalue weighted by molar-refractivity contribution is 5.95. The monoisotopic (exact) mass is 325 g/mol. The highest BCUT2D eigenvalue weighted by Gasteiger charge is 2.15. The van der Waals surface area contributed by atoms with E-state index in [1.54, 1.807) is 6.92 Å². The molecular weight excluding hydrogens is 298 g/mol. The molecule has 24 heavy (non-hydrogen) atoms. The zero-order valence-electron chi connectivity index (χ0n) is 14.8. The quantitative estimate of drug-likeness (QED) is 0.781. The third-order valence-corrected chi connectivity index (χ3v) is 4.95. The number of hydrogen-bond acceptors (Lipinski definition) is 4. The van der Waals surface area contributed by atoms with E-state index in [1.165, 1.54) is 31.9 Å². The molecule has 0 radical (unpaired) electrons. The van der Waals surface area contributed by atoms with Gasteiger partial charge < -0.3 is 9.80 Å². The number of benzene rings is 1. The summed E-state index contributed by atoms with van der Waals surface area (Å²) >= 11 is 0. The fourth-order valence-corrected chi connectivity index (χ4v) is 3.25. The van der Waals surface area contributed by atoms with Crippen LogP contribution in [0.2, 0.25) is 0 Å². The Bertz CT molecular complexity index is 637. The molecule has 1 saturated heterocycles. The van der Waals surface area contributed by atoms with Gasteiger partial charge in [-0.2, -0.15) is 0 Å². The molecule has 0 N–H and O–H groups in total. The van der Waals surface area contributed by atoms with E-state index >= 15 is 0 Å². The molecule has 4 heteroatoms. The number of hydrogen-bond donors (Lipinski definition) is 0. The van der Waals surface area contributed by atoms with Crippen molar-refractivity contribution in [3.05, 3.63) is 41.5 Å². The molecule has 128 valence electrons. The molecule has 0 bridgehead atoms. The van der Waals surface area contributed by atoms with Crippen LogP contribution >= 0.6 is 0 Å². The Kier molecular flexibility index (Phi) is 5.59. The second-order valence-electron chi connectivity index (χ2n) is 6.83. The standard InChI is InChI=1S/C20H27N3O/c1-16(24)17-6-8-18(9-7-17)20-5-3-4-19(21-20)10-11-23-14-12-22(2)13-15-23/h5-9H,3-4,10-15H2,1-2H3. The molecule has 1 aromatic rings. The molecule has 0 unspecified atom stereocenters. The Hall–Kier alpha value is -1.78. The van der Waals surface area contributed by atoms with E-state index in [9.17, 15) is 4.79 Å². The number of Topliss-reactive ketones (excluding diaryl/α,β-unsaturated/α-hetero) is 1. The SMILES string of the molecule is CC(=O)c1ccc(C2=CCCC(CCN3CCN(C)CC3)=N2)cc1. The predicted molar refractivity (Wildman–Crippen MR) is 99.6 cm³/mol. The van der Waals surface area contributed by atoms with Crippen molar-refractivity contribution in [2.45, 2.75) is 26.2 Å². The van der Waals surface area contributed by atoms with Crippen molar-refractivity contribution in [2.75, 3.05) is 39.8 Å². The molecule has 0 saturated carbocycles. The summed E-state index contributed by atoms with van der Waals surface area (Å²) < 4.78 is 0. The first-order valence-electron chi connectivity index (χ1n) is 8.91. The lowest BCUT2D eigenvalue weighted by Gasteiger charge is -2.32. The predicted octanol–water partition coefficient (Wildman–Crippen LogP) is 3.10. The molecule has 2 heterocycles. The Balaban J connectivity index is 1.59. The molecule has 1 aromatic carbocycles. The minimum atomic E-state index is 0.107. The van der Waals surface area contributed by atoms with Crippen LogP contribution < -0.4 is 0 Å². The summed E-state index contributed by atoms with van der Waals surface area (Å²) in [6, 6.07) is 7.81. The van der Waals surface area contributed by atoms with Gasteiger partial charge in [-0.15, -0.1) is 0 Å². The molecule has 3 rings (SSSR count). The maximum atomic E-state index is 11.4. The lowest BCUT2D eigenvalue weighted by atomic mass is 10.0. The number of aliphatic imine (C=N–C) groups is 1. The Labute approximate surface area is 144 Å².